The average Bonchev–Trinajstić information content (AvgIpc) is 3.31. The highest BCUT2D eigenvalue weighted by atomic mass is 35.5. The van der Waals surface area contributed by atoms with Crippen molar-refractivity contribution in [1.29, 1.82) is 0 Å². The van der Waals surface area contributed by atoms with Gasteiger partial charge in [-0.2, -0.15) is 4.98 Å². The molecule has 0 aliphatic heterocycles. The number of nitrogens with one attached hydrogen (secondary N) is 1. The minimum atomic E-state index is -0.501. The first kappa shape index (κ1) is 29.3. The fourth-order valence-electron chi connectivity index (χ4n) is 4.47. The molecule has 0 fully saturated rings. The van der Waals surface area contributed by atoms with Crippen LogP contribution in [-0.2, 0) is 17.8 Å². The number of hydrogen-bond donors (Lipinski definition) is 3. The van der Waals surface area contributed by atoms with Crippen LogP contribution in [0.4, 0.5) is 4.39 Å². The number of rotatable bonds is 12. The van der Waals surface area contributed by atoms with Crippen molar-refractivity contribution in [3.8, 4) is 16.9 Å². The lowest BCUT2D eigenvalue weighted by Gasteiger charge is -2.12. The van der Waals surface area contributed by atoms with Gasteiger partial charge in [-0.15, -0.1) is 0 Å². The molecule has 0 amide bonds. The predicted molar refractivity (Wildman–Crippen MR) is 159 cm³/mol. The van der Waals surface area contributed by atoms with Crippen molar-refractivity contribution in [1.82, 2.24) is 14.5 Å². The Morgan fingerprint density at radius 2 is 1.88 bits per heavy atom. The topological polar surface area (TPSA) is 124 Å². The molecule has 0 bridgehead atoms. The lowest BCUT2D eigenvalue weighted by molar-refractivity contribution is 0.0493. The zero-order valence-electron chi connectivity index (χ0n) is 23.1. The van der Waals surface area contributed by atoms with Crippen molar-refractivity contribution in [3.05, 3.63) is 81.1 Å². The van der Waals surface area contributed by atoms with Gasteiger partial charge in [0.05, 0.1) is 29.1 Å². The third kappa shape index (κ3) is 7.49. The molecule has 0 radical (unpaired) electrons. The fraction of sp³-hybridized carbons (Fsp3) is 0.367. The maximum atomic E-state index is 15.0. The van der Waals surface area contributed by atoms with Crippen molar-refractivity contribution in [2.24, 2.45) is 22.4 Å². The first-order chi connectivity index (χ1) is 19.1. The van der Waals surface area contributed by atoms with Crippen LogP contribution < -0.4 is 17.2 Å². The van der Waals surface area contributed by atoms with Gasteiger partial charge in [-0.1, -0.05) is 44.0 Å². The molecule has 4 rings (SSSR count). The Hall–Kier alpha value is -3.69. The molecule has 5 N–H and O–H groups in total. The molecule has 212 valence electrons. The number of aromatic nitrogens is 3. The maximum Gasteiger partial charge on any atom is 0.354 e. The molecule has 0 aliphatic carbocycles. The number of hydrogen-bond acceptors (Lipinski definition) is 4. The van der Waals surface area contributed by atoms with Gasteiger partial charge in [0, 0.05) is 23.7 Å². The van der Waals surface area contributed by atoms with E-state index < -0.39 is 11.5 Å². The van der Waals surface area contributed by atoms with E-state index in [9.17, 15) is 4.79 Å². The average molecular weight is 567 g/mol. The summed E-state index contributed by atoms with van der Waals surface area (Å²) in [6.45, 7) is 7.25. The van der Waals surface area contributed by atoms with E-state index in [2.05, 4.69) is 28.8 Å². The van der Waals surface area contributed by atoms with Crippen LogP contribution >= 0.6 is 11.6 Å². The second kappa shape index (κ2) is 13.1. The molecule has 0 unspecified atom stereocenters. The monoisotopic (exact) mass is 566 g/mol. The number of halogens is 2. The predicted octanol–water partition coefficient (Wildman–Crippen LogP) is 5.72. The summed E-state index contributed by atoms with van der Waals surface area (Å²) in [5.74, 6) is 0.170. The van der Waals surface area contributed by atoms with Gasteiger partial charge in [-0.05, 0) is 73.6 Å². The highest BCUT2D eigenvalue weighted by Gasteiger charge is 2.15. The molecule has 1 atom stereocenters. The highest BCUT2D eigenvalue weighted by Crippen LogP contribution is 2.31. The van der Waals surface area contributed by atoms with Crippen LogP contribution in [0.3, 0.4) is 0 Å². The standard InChI is InChI=1S/C30H36ClFN6O2/c1-18(2)5-4-6-21-13-24(27(32)25(31)14-21)26-15-22-16-38(30(39)37-28(22)36-26)23-9-7-20(8-10-23)17-40-19(3)11-12-35-29(33)34/h7-10,13-16,18-19H,4-6,11-12,17H2,1-3H3,(H4,33,34,35)(H,36,37,39)/t19-/m0/s1. The summed E-state index contributed by atoms with van der Waals surface area (Å²) in [4.78, 5) is 24.1. The number of aromatic amines is 1. The van der Waals surface area contributed by atoms with Crippen LogP contribution in [0.1, 0.15) is 51.2 Å². The van der Waals surface area contributed by atoms with Crippen LogP contribution in [0.15, 0.2) is 58.4 Å². The van der Waals surface area contributed by atoms with E-state index in [0.29, 0.717) is 53.5 Å². The van der Waals surface area contributed by atoms with Crippen LogP contribution in [0.25, 0.3) is 28.0 Å². The Kier molecular flexibility index (Phi) is 9.60. The number of nitrogens with two attached hydrogens (primary N) is 2. The summed E-state index contributed by atoms with van der Waals surface area (Å²) in [6.07, 6.45) is 5.28. The fourth-order valence-corrected chi connectivity index (χ4v) is 4.72. The van der Waals surface area contributed by atoms with Gasteiger partial charge in [0.1, 0.15) is 5.65 Å². The van der Waals surface area contributed by atoms with Gasteiger partial charge in [0.15, 0.2) is 11.8 Å². The van der Waals surface area contributed by atoms with Crippen molar-refractivity contribution < 1.29 is 9.13 Å². The maximum absolute atomic E-state index is 15.0. The number of nitrogens with zero attached hydrogens (tertiary/aromatic N) is 3. The van der Waals surface area contributed by atoms with Gasteiger partial charge in [0.2, 0.25) is 0 Å². The Bertz CT molecular complexity index is 1540. The molecule has 2 heterocycles. The third-order valence-corrected chi connectivity index (χ3v) is 6.99. The van der Waals surface area contributed by atoms with Gasteiger partial charge in [0.25, 0.3) is 0 Å². The molecule has 2 aromatic carbocycles. The van der Waals surface area contributed by atoms with E-state index >= 15 is 4.39 Å². The highest BCUT2D eigenvalue weighted by molar-refractivity contribution is 6.31. The second-order valence-electron chi connectivity index (χ2n) is 10.5. The van der Waals surface area contributed by atoms with Crippen molar-refractivity contribution in [2.45, 2.75) is 59.2 Å². The summed E-state index contributed by atoms with van der Waals surface area (Å²) in [6, 6.07) is 12.8. The zero-order valence-corrected chi connectivity index (χ0v) is 23.8. The smallest absolute Gasteiger partial charge is 0.354 e. The number of ether oxygens (including phenoxy) is 1. The van der Waals surface area contributed by atoms with E-state index in [1.54, 1.807) is 18.3 Å². The van der Waals surface area contributed by atoms with E-state index in [1.165, 1.54) is 4.57 Å². The Morgan fingerprint density at radius 1 is 1.12 bits per heavy atom. The van der Waals surface area contributed by atoms with Crippen LogP contribution in [0.2, 0.25) is 5.02 Å². The van der Waals surface area contributed by atoms with Gasteiger partial charge >= 0.3 is 5.69 Å². The molecular weight excluding hydrogens is 531 g/mol. The quantitative estimate of drug-likeness (QED) is 0.149. The number of H-pyrrole nitrogens is 1. The van der Waals surface area contributed by atoms with Crippen LogP contribution in [0.5, 0.6) is 0 Å². The molecule has 10 heteroatoms. The summed E-state index contributed by atoms with van der Waals surface area (Å²) in [7, 11) is 0. The minimum absolute atomic E-state index is 0.0137. The summed E-state index contributed by atoms with van der Waals surface area (Å²) in [5, 5.41) is 0.757. The van der Waals surface area contributed by atoms with E-state index in [0.717, 1.165) is 30.4 Å². The lowest BCUT2D eigenvalue weighted by atomic mass is 10.00. The summed E-state index contributed by atoms with van der Waals surface area (Å²) < 4.78 is 22.4. The molecule has 4 aromatic rings. The first-order valence-electron chi connectivity index (χ1n) is 13.5. The molecule has 0 saturated heterocycles. The van der Waals surface area contributed by atoms with Gasteiger partial charge in [-0.25, -0.2) is 9.18 Å². The number of guanidine groups is 1. The largest absolute Gasteiger partial charge is 0.374 e. The van der Waals surface area contributed by atoms with E-state index in [-0.39, 0.29) is 17.1 Å². The molecule has 0 saturated carbocycles. The molecule has 40 heavy (non-hydrogen) atoms. The normalized spacial score (nSPS) is 12.2. The Labute approximate surface area is 238 Å². The molecule has 0 aliphatic rings. The van der Waals surface area contributed by atoms with Crippen molar-refractivity contribution in [2.75, 3.05) is 6.54 Å². The minimum Gasteiger partial charge on any atom is -0.374 e. The van der Waals surface area contributed by atoms with Gasteiger partial charge in [-0.3, -0.25) is 9.56 Å². The Morgan fingerprint density at radius 3 is 2.58 bits per heavy atom. The summed E-state index contributed by atoms with van der Waals surface area (Å²) >= 11 is 6.24. The third-order valence-electron chi connectivity index (χ3n) is 6.71. The molecule has 8 nitrogen and oxygen atoms in total. The van der Waals surface area contributed by atoms with Gasteiger partial charge < -0.3 is 21.2 Å². The van der Waals surface area contributed by atoms with Crippen LogP contribution in [-0.4, -0.2) is 33.1 Å². The molecule has 2 aromatic heterocycles. The molecule has 0 spiro atoms. The number of aliphatic imine (C=N–C) groups is 1. The second-order valence-corrected chi connectivity index (χ2v) is 10.9. The van der Waals surface area contributed by atoms with E-state index in [1.807, 2.05) is 37.3 Å². The lowest BCUT2D eigenvalue weighted by Crippen LogP contribution is -2.23. The number of fused-ring (bicyclic) bond motifs is 1. The number of aryl methyl sites for hydroxylation is 1. The van der Waals surface area contributed by atoms with Crippen molar-refractivity contribution >= 4 is 28.6 Å². The molecular formula is C30H36ClFN6O2. The van der Waals surface area contributed by atoms with E-state index in [4.69, 9.17) is 27.8 Å². The number of benzene rings is 2. The van der Waals surface area contributed by atoms with Crippen LogP contribution in [0, 0.1) is 11.7 Å². The Balaban J connectivity index is 1.52. The zero-order chi connectivity index (χ0) is 28.8. The first-order valence-corrected chi connectivity index (χ1v) is 13.9. The summed E-state index contributed by atoms with van der Waals surface area (Å²) in [5.41, 5.74) is 14.1. The SMILES string of the molecule is CC(C)CCCc1cc(Cl)c(F)c(-c2cc3cn(-c4ccc(CO[C@@H](C)CCN=C(N)N)cc4)c(=O)nc3[nH]2)c1. The van der Waals surface area contributed by atoms with Crippen molar-refractivity contribution in [3.63, 3.8) is 0 Å².